The Morgan fingerprint density at radius 1 is 1.35 bits per heavy atom. The van der Waals surface area contributed by atoms with Crippen molar-refractivity contribution in [3.05, 3.63) is 28.8 Å². The number of primary amides is 1. The third-order valence-corrected chi connectivity index (χ3v) is 5.45. The van der Waals surface area contributed by atoms with Crippen LogP contribution in [-0.4, -0.2) is 39.6 Å². The van der Waals surface area contributed by atoms with Gasteiger partial charge in [-0.2, -0.15) is 18.3 Å². The molecule has 6 nitrogen and oxygen atoms in total. The molecule has 1 aliphatic rings. The van der Waals surface area contributed by atoms with Crippen LogP contribution in [0.5, 0.6) is 0 Å². The fourth-order valence-corrected chi connectivity index (χ4v) is 3.92. The second-order valence-corrected chi connectivity index (χ2v) is 7.28. The van der Waals surface area contributed by atoms with E-state index in [1.54, 1.807) is 17.0 Å². The fourth-order valence-electron chi connectivity index (χ4n) is 2.99. The quantitative estimate of drug-likeness (QED) is 0.880. The van der Waals surface area contributed by atoms with E-state index in [2.05, 4.69) is 5.10 Å². The van der Waals surface area contributed by atoms with Crippen LogP contribution in [0.25, 0.3) is 10.6 Å². The number of aromatic nitrogens is 2. The molecule has 0 radical (unpaired) electrons. The van der Waals surface area contributed by atoms with Gasteiger partial charge < -0.3 is 10.6 Å². The van der Waals surface area contributed by atoms with E-state index in [4.69, 9.17) is 5.73 Å². The van der Waals surface area contributed by atoms with Crippen LogP contribution in [0.2, 0.25) is 0 Å². The molecule has 2 amide bonds. The SMILES string of the molecule is Cn1nc(-c2ccc(C(=O)N3CCCC(C(N)=O)C3)s2)cc1C(F)(F)F. The fraction of sp³-hybridized carbons (Fsp3) is 0.438. The number of hydrogen-bond acceptors (Lipinski definition) is 4. The second-order valence-electron chi connectivity index (χ2n) is 6.19. The van der Waals surface area contributed by atoms with E-state index < -0.39 is 17.8 Å². The predicted molar refractivity (Wildman–Crippen MR) is 89.3 cm³/mol. The van der Waals surface area contributed by atoms with E-state index in [1.165, 1.54) is 7.05 Å². The first-order valence-corrected chi connectivity index (χ1v) is 8.78. The average molecular weight is 386 g/mol. The normalized spacial score (nSPS) is 18.2. The molecule has 140 valence electrons. The summed E-state index contributed by atoms with van der Waals surface area (Å²) in [6.07, 6.45) is -3.15. The summed E-state index contributed by atoms with van der Waals surface area (Å²) >= 11 is 1.08. The van der Waals surface area contributed by atoms with Crippen molar-refractivity contribution in [1.29, 1.82) is 0 Å². The lowest BCUT2D eigenvalue weighted by Gasteiger charge is -2.30. The number of nitrogens with two attached hydrogens (primary N) is 1. The van der Waals surface area contributed by atoms with Crippen molar-refractivity contribution in [2.45, 2.75) is 19.0 Å². The Hall–Kier alpha value is -2.36. The standard InChI is InChI=1S/C16H17F3N4O2S/c1-22-13(16(17,18)19)7-10(21-22)11-4-5-12(26-11)15(25)23-6-2-3-9(8-23)14(20)24/h4-5,7,9H,2-3,6,8H2,1H3,(H2,20,24). The van der Waals surface area contributed by atoms with Gasteiger partial charge in [0.1, 0.15) is 11.4 Å². The molecule has 26 heavy (non-hydrogen) atoms. The Morgan fingerprint density at radius 3 is 2.69 bits per heavy atom. The van der Waals surface area contributed by atoms with Crippen LogP contribution in [0, 0.1) is 5.92 Å². The van der Waals surface area contributed by atoms with E-state index in [1.807, 2.05) is 0 Å². The number of aryl methyl sites for hydroxylation is 1. The zero-order chi connectivity index (χ0) is 19.1. The molecule has 1 atom stereocenters. The van der Waals surface area contributed by atoms with Crippen LogP contribution in [0.15, 0.2) is 18.2 Å². The molecule has 3 heterocycles. The Balaban J connectivity index is 1.80. The zero-order valence-electron chi connectivity index (χ0n) is 13.9. The zero-order valence-corrected chi connectivity index (χ0v) is 14.7. The number of alkyl halides is 3. The summed E-state index contributed by atoms with van der Waals surface area (Å²) in [4.78, 5) is 26.4. The van der Waals surface area contributed by atoms with Gasteiger partial charge in [0.05, 0.1) is 15.7 Å². The van der Waals surface area contributed by atoms with Gasteiger partial charge in [0.15, 0.2) is 0 Å². The number of carbonyl (C=O) groups is 2. The smallest absolute Gasteiger partial charge is 0.369 e. The summed E-state index contributed by atoms with van der Waals surface area (Å²) in [6, 6.07) is 4.11. The molecule has 2 N–H and O–H groups in total. The number of carbonyl (C=O) groups excluding carboxylic acids is 2. The van der Waals surface area contributed by atoms with Crippen LogP contribution in [0.1, 0.15) is 28.2 Å². The van der Waals surface area contributed by atoms with Crippen LogP contribution >= 0.6 is 11.3 Å². The van der Waals surface area contributed by atoms with E-state index in [-0.39, 0.29) is 24.1 Å². The third kappa shape index (κ3) is 3.59. The molecule has 2 aromatic rings. The van der Waals surface area contributed by atoms with Crippen molar-refractivity contribution >= 4 is 23.2 Å². The van der Waals surface area contributed by atoms with Crippen molar-refractivity contribution in [1.82, 2.24) is 14.7 Å². The van der Waals surface area contributed by atoms with Crippen molar-refractivity contribution in [3.63, 3.8) is 0 Å². The van der Waals surface area contributed by atoms with Gasteiger partial charge in [0.25, 0.3) is 5.91 Å². The first-order chi connectivity index (χ1) is 12.2. The third-order valence-electron chi connectivity index (χ3n) is 4.35. The van der Waals surface area contributed by atoms with Crippen molar-refractivity contribution in [2.75, 3.05) is 13.1 Å². The summed E-state index contributed by atoms with van der Waals surface area (Å²) in [5.74, 6) is -1.04. The predicted octanol–water partition coefficient (Wildman–Crippen LogP) is 2.50. The lowest BCUT2D eigenvalue weighted by molar-refractivity contribution is -0.143. The highest BCUT2D eigenvalue weighted by Gasteiger charge is 2.35. The second kappa shape index (κ2) is 6.75. The van der Waals surface area contributed by atoms with E-state index in [9.17, 15) is 22.8 Å². The molecule has 0 saturated carbocycles. The number of piperidine rings is 1. The summed E-state index contributed by atoms with van der Waals surface area (Å²) < 4.78 is 39.5. The summed E-state index contributed by atoms with van der Waals surface area (Å²) in [7, 11) is 1.23. The monoisotopic (exact) mass is 386 g/mol. The molecule has 2 aromatic heterocycles. The lowest BCUT2D eigenvalue weighted by Crippen LogP contribution is -2.43. The minimum Gasteiger partial charge on any atom is -0.369 e. The van der Waals surface area contributed by atoms with Crippen LogP contribution in [0.3, 0.4) is 0 Å². The van der Waals surface area contributed by atoms with Gasteiger partial charge in [-0.25, -0.2) is 0 Å². The molecule has 10 heteroatoms. The number of rotatable bonds is 3. The molecular formula is C16H17F3N4O2S. The van der Waals surface area contributed by atoms with Gasteiger partial charge >= 0.3 is 6.18 Å². The van der Waals surface area contributed by atoms with Crippen molar-refractivity contribution in [2.24, 2.45) is 18.7 Å². The largest absolute Gasteiger partial charge is 0.433 e. The molecule has 1 aliphatic heterocycles. The van der Waals surface area contributed by atoms with Crippen LogP contribution < -0.4 is 5.73 Å². The highest BCUT2D eigenvalue weighted by atomic mass is 32.1. The van der Waals surface area contributed by atoms with Gasteiger partial charge in [-0.05, 0) is 31.0 Å². The highest BCUT2D eigenvalue weighted by molar-refractivity contribution is 7.17. The number of likely N-dealkylation sites (tertiary alicyclic amines) is 1. The molecule has 0 aromatic carbocycles. The summed E-state index contributed by atoms with van der Waals surface area (Å²) in [5, 5.41) is 3.89. The molecule has 0 bridgehead atoms. The minimum atomic E-state index is -4.49. The topological polar surface area (TPSA) is 81.2 Å². The van der Waals surface area contributed by atoms with E-state index in [0.29, 0.717) is 29.1 Å². The van der Waals surface area contributed by atoms with E-state index >= 15 is 0 Å². The maximum Gasteiger partial charge on any atom is 0.433 e. The maximum absolute atomic E-state index is 12.9. The van der Waals surface area contributed by atoms with Gasteiger partial charge in [0, 0.05) is 20.1 Å². The Labute approximate surface area is 151 Å². The first-order valence-electron chi connectivity index (χ1n) is 7.97. The molecule has 1 saturated heterocycles. The highest BCUT2D eigenvalue weighted by Crippen LogP contribution is 2.34. The molecule has 0 spiro atoms. The molecule has 1 fully saturated rings. The number of halogens is 3. The van der Waals surface area contributed by atoms with Crippen molar-refractivity contribution < 1.29 is 22.8 Å². The maximum atomic E-state index is 12.9. The summed E-state index contributed by atoms with van der Waals surface area (Å²) in [5.41, 5.74) is 4.63. The average Bonchev–Trinajstić information content (AvgIpc) is 3.20. The number of hydrogen-bond donors (Lipinski definition) is 1. The molecule has 0 aliphatic carbocycles. The van der Waals surface area contributed by atoms with Gasteiger partial charge in [-0.3, -0.25) is 14.3 Å². The number of thiophene rings is 1. The van der Waals surface area contributed by atoms with Gasteiger partial charge in [-0.1, -0.05) is 0 Å². The molecule has 1 unspecified atom stereocenters. The van der Waals surface area contributed by atoms with Gasteiger partial charge in [0.2, 0.25) is 5.91 Å². The van der Waals surface area contributed by atoms with Crippen LogP contribution in [-0.2, 0) is 18.0 Å². The number of nitrogens with zero attached hydrogens (tertiary/aromatic N) is 3. The first kappa shape index (κ1) is 18.4. The minimum absolute atomic E-state index is 0.164. The van der Waals surface area contributed by atoms with Gasteiger partial charge in [-0.15, -0.1) is 11.3 Å². The lowest BCUT2D eigenvalue weighted by atomic mass is 9.97. The summed E-state index contributed by atoms with van der Waals surface area (Å²) in [6.45, 7) is 0.793. The van der Waals surface area contributed by atoms with E-state index in [0.717, 1.165) is 22.1 Å². The number of amides is 2. The molecular weight excluding hydrogens is 369 g/mol. The Kier molecular flexibility index (Phi) is 4.78. The molecule has 3 rings (SSSR count). The van der Waals surface area contributed by atoms with Crippen LogP contribution in [0.4, 0.5) is 13.2 Å². The van der Waals surface area contributed by atoms with Crippen molar-refractivity contribution in [3.8, 4) is 10.6 Å². The Bertz CT molecular complexity index is 843. The Morgan fingerprint density at radius 2 is 2.08 bits per heavy atom.